The van der Waals surface area contributed by atoms with E-state index in [4.69, 9.17) is 18.9 Å². The molecule has 0 aliphatic rings. The Hall–Kier alpha value is -4.53. The van der Waals surface area contributed by atoms with Crippen LogP contribution in [0.4, 0.5) is 5.95 Å². The molecule has 2 heterocycles. The second kappa shape index (κ2) is 12.1. The Balaban J connectivity index is 1.64. The van der Waals surface area contributed by atoms with E-state index in [0.29, 0.717) is 35.3 Å². The molecule has 0 atom stereocenters. The van der Waals surface area contributed by atoms with E-state index in [2.05, 4.69) is 5.32 Å². The Morgan fingerprint density at radius 3 is 2.45 bits per heavy atom. The number of imidazole rings is 1. The van der Waals surface area contributed by atoms with Crippen molar-refractivity contribution < 1.29 is 23.5 Å². The first-order chi connectivity index (χ1) is 18.4. The van der Waals surface area contributed by atoms with E-state index in [0.717, 1.165) is 11.3 Å². The number of methoxy groups -OCH3 is 2. The molecule has 198 valence electrons. The lowest BCUT2D eigenvalue weighted by atomic mass is 10.1. The van der Waals surface area contributed by atoms with E-state index in [1.807, 2.05) is 56.4 Å². The van der Waals surface area contributed by atoms with Crippen molar-refractivity contribution in [1.29, 1.82) is 0 Å². The van der Waals surface area contributed by atoms with Crippen molar-refractivity contribution in [1.82, 2.24) is 14.5 Å². The lowest BCUT2D eigenvalue weighted by Gasteiger charge is -2.22. The summed E-state index contributed by atoms with van der Waals surface area (Å²) < 4.78 is 18.0. The average molecular weight is 517 g/mol. The zero-order valence-electron chi connectivity index (χ0n) is 22.0. The van der Waals surface area contributed by atoms with Crippen molar-refractivity contribution in [3.8, 4) is 28.4 Å². The van der Waals surface area contributed by atoms with Gasteiger partial charge in [-0.25, -0.2) is 4.98 Å². The van der Waals surface area contributed by atoms with Crippen LogP contribution in [0.25, 0.3) is 16.9 Å². The Morgan fingerprint density at radius 1 is 1.03 bits per heavy atom. The lowest BCUT2D eigenvalue weighted by Crippen LogP contribution is -2.38. The normalized spacial score (nSPS) is 10.9. The minimum absolute atomic E-state index is 0.125. The molecule has 38 heavy (non-hydrogen) atoms. The highest BCUT2D eigenvalue weighted by Crippen LogP contribution is 2.31. The number of amides is 2. The van der Waals surface area contributed by atoms with Gasteiger partial charge in [0, 0.05) is 24.2 Å². The van der Waals surface area contributed by atoms with Gasteiger partial charge >= 0.3 is 0 Å². The van der Waals surface area contributed by atoms with Gasteiger partial charge in [0.25, 0.3) is 0 Å². The minimum atomic E-state index is -0.374. The maximum Gasteiger partial charge on any atom is 0.246 e. The van der Waals surface area contributed by atoms with E-state index in [1.165, 1.54) is 4.90 Å². The Labute approximate surface area is 222 Å². The molecule has 2 aromatic heterocycles. The van der Waals surface area contributed by atoms with Crippen LogP contribution in [0.2, 0.25) is 0 Å². The van der Waals surface area contributed by atoms with Gasteiger partial charge in [-0.15, -0.1) is 0 Å². The molecule has 0 bridgehead atoms. The zero-order valence-corrected chi connectivity index (χ0v) is 22.0. The molecule has 2 amide bonds. The second-order valence-electron chi connectivity index (χ2n) is 9.20. The van der Waals surface area contributed by atoms with E-state index >= 15 is 0 Å². The molecule has 2 aromatic carbocycles. The number of nitrogens with zero attached hydrogens (tertiary/aromatic N) is 3. The summed E-state index contributed by atoms with van der Waals surface area (Å²) in [6, 6.07) is 18.7. The van der Waals surface area contributed by atoms with E-state index in [1.54, 1.807) is 49.3 Å². The first-order valence-corrected chi connectivity index (χ1v) is 12.3. The van der Waals surface area contributed by atoms with Crippen LogP contribution in [-0.4, -0.2) is 47.0 Å². The van der Waals surface area contributed by atoms with Gasteiger partial charge in [-0.2, -0.15) is 0 Å². The number of hydrogen-bond donors (Lipinski definition) is 1. The van der Waals surface area contributed by atoms with Crippen LogP contribution in [0.15, 0.2) is 77.5 Å². The summed E-state index contributed by atoms with van der Waals surface area (Å²) in [5, 5.41) is 2.90. The van der Waals surface area contributed by atoms with Crippen LogP contribution in [0.1, 0.15) is 26.0 Å². The highest BCUT2D eigenvalue weighted by molar-refractivity contribution is 5.94. The fraction of sp³-hybridized carbons (Fsp3) is 0.276. The smallest absolute Gasteiger partial charge is 0.246 e. The molecule has 1 N–H and O–H groups in total. The van der Waals surface area contributed by atoms with Crippen LogP contribution in [-0.2, 0) is 16.1 Å². The quantitative estimate of drug-likeness (QED) is 0.296. The summed E-state index contributed by atoms with van der Waals surface area (Å²) in [5.41, 5.74) is 2.30. The second-order valence-corrected chi connectivity index (χ2v) is 9.20. The number of ether oxygens (including phenoxy) is 2. The third-order valence-corrected chi connectivity index (χ3v) is 5.87. The molecule has 4 aromatic rings. The van der Waals surface area contributed by atoms with Crippen LogP contribution >= 0.6 is 0 Å². The minimum Gasteiger partial charge on any atom is -0.493 e. The van der Waals surface area contributed by atoms with Gasteiger partial charge in [0.1, 0.15) is 12.3 Å². The maximum absolute atomic E-state index is 13.3. The molecule has 9 heteroatoms. The van der Waals surface area contributed by atoms with E-state index in [9.17, 15) is 9.59 Å². The number of hydrogen-bond acceptors (Lipinski definition) is 6. The zero-order chi connectivity index (χ0) is 27.1. The molecule has 0 spiro atoms. The third kappa shape index (κ3) is 6.42. The number of anilines is 1. The topological polar surface area (TPSA) is 98.8 Å². The first-order valence-electron chi connectivity index (χ1n) is 12.3. The number of rotatable bonds is 11. The third-order valence-electron chi connectivity index (χ3n) is 5.87. The molecule has 9 nitrogen and oxygen atoms in total. The van der Waals surface area contributed by atoms with Gasteiger partial charge in [-0.05, 0) is 30.2 Å². The summed E-state index contributed by atoms with van der Waals surface area (Å²) in [5.74, 6) is 1.70. The fourth-order valence-electron chi connectivity index (χ4n) is 4.03. The molecular weight excluding hydrogens is 484 g/mol. The van der Waals surface area contributed by atoms with Gasteiger partial charge < -0.3 is 18.8 Å². The highest BCUT2D eigenvalue weighted by atomic mass is 16.5. The summed E-state index contributed by atoms with van der Waals surface area (Å²) in [6.07, 6.45) is 3.72. The summed E-state index contributed by atoms with van der Waals surface area (Å²) in [7, 11) is 3.14. The van der Waals surface area contributed by atoms with Crippen LogP contribution < -0.4 is 14.8 Å². The first kappa shape index (κ1) is 26.5. The molecule has 4 rings (SSSR count). The Bertz CT molecular complexity index is 1360. The Kier molecular flexibility index (Phi) is 8.47. The number of nitrogens with one attached hydrogen (secondary N) is 1. The molecule has 0 radical (unpaired) electrons. The molecular formula is C29H32N4O5. The molecule has 0 fully saturated rings. The molecule has 0 saturated heterocycles. The fourth-order valence-corrected chi connectivity index (χ4v) is 4.03. The summed E-state index contributed by atoms with van der Waals surface area (Å²) in [6.45, 7) is 3.99. The Morgan fingerprint density at radius 2 is 1.79 bits per heavy atom. The van der Waals surface area contributed by atoms with Gasteiger partial charge in [0.2, 0.25) is 17.8 Å². The molecule has 0 unspecified atom stereocenters. The van der Waals surface area contributed by atoms with Gasteiger partial charge in [0.15, 0.2) is 11.5 Å². The summed E-state index contributed by atoms with van der Waals surface area (Å²) >= 11 is 0. The standard InChI is InChI=1S/C29H32N4O5/c1-20(2)15-28(35)32(17-23-11-8-14-38-23)19-27(34)31-29-30-24(21-9-6-5-7-10-21)18-33(29)22-12-13-25(36-3)26(16-22)37-4/h5-14,16,18,20H,15,17,19H2,1-4H3,(H,30,31,34). The van der Waals surface area contributed by atoms with Crippen molar-refractivity contribution >= 4 is 17.8 Å². The van der Waals surface area contributed by atoms with Crippen molar-refractivity contribution in [2.75, 3.05) is 26.1 Å². The number of furan rings is 1. The van der Waals surface area contributed by atoms with Crippen molar-refractivity contribution in [2.45, 2.75) is 26.8 Å². The molecule has 0 aliphatic heterocycles. The predicted octanol–water partition coefficient (Wildman–Crippen LogP) is 5.16. The number of carbonyl (C=O) groups excluding carboxylic acids is 2. The average Bonchev–Trinajstić information content (AvgIpc) is 3.58. The monoisotopic (exact) mass is 516 g/mol. The van der Waals surface area contributed by atoms with E-state index < -0.39 is 0 Å². The predicted molar refractivity (Wildman–Crippen MR) is 144 cm³/mol. The summed E-state index contributed by atoms with van der Waals surface area (Å²) in [4.78, 5) is 32.4. The SMILES string of the molecule is COc1ccc(-n2cc(-c3ccccc3)nc2NC(=O)CN(Cc2ccco2)C(=O)CC(C)C)cc1OC. The van der Waals surface area contributed by atoms with Crippen LogP contribution in [0.5, 0.6) is 11.5 Å². The van der Waals surface area contributed by atoms with Gasteiger partial charge in [-0.1, -0.05) is 44.2 Å². The van der Waals surface area contributed by atoms with Crippen molar-refractivity contribution in [3.05, 3.63) is 78.9 Å². The molecule has 0 saturated carbocycles. The largest absolute Gasteiger partial charge is 0.493 e. The van der Waals surface area contributed by atoms with Gasteiger partial charge in [-0.3, -0.25) is 19.5 Å². The molecule has 0 aliphatic carbocycles. The number of benzene rings is 2. The number of aromatic nitrogens is 2. The van der Waals surface area contributed by atoms with Crippen LogP contribution in [0.3, 0.4) is 0 Å². The van der Waals surface area contributed by atoms with Crippen molar-refractivity contribution in [3.63, 3.8) is 0 Å². The van der Waals surface area contributed by atoms with Crippen LogP contribution in [0, 0.1) is 5.92 Å². The maximum atomic E-state index is 13.3. The lowest BCUT2D eigenvalue weighted by molar-refractivity contribution is -0.136. The number of carbonyl (C=O) groups is 2. The van der Waals surface area contributed by atoms with Crippen molar-refractivity contribution in [2.24, 2.45) is 5.92 Å². The highest BCUT2D eigenvalue weighted by Gasteiger charge is 2.22. The van der Waals surface area contributed by atoms with Gasteiger partial charge in [0.05, 0.1) is 38.4 Å². The van der Waals surface area contributed by atoms with E-state index in [-0.39, 0.29) is 30.8 Å².